The van der Waals surface area contributed by atoms with Crippen molar-refractivity contribution < 1.29 is 9.59 Å². The maximum atomic E-state index is 12.7. The van der Waals surface area contributed by atoms with E-state index in [9.17, 15) is 9.59 Å². The molecule has 1 fully saturated rings. The van der Waals surface area contributed by atoms with Crippen molar-refractivity contribution >= 4 is 23.2 Å². The first-order chi connectivity index (χ1) is 13.6. The van der Waals surface area contributed by atoms with Gasteiger partial charge in [-0.05, 0) is 62.9 Å². The molecule has 0 bridgehead atoms. The van der Waals surface area contributed by atoms with Gasteiger partial charge < -0.3 is 15.5 Å². The third kappa shape index (κ3) is 4.53. The number of anilines is 2. The van der Waals surface area contributed by atoms with Crippen LogP contribution in [0.3, 0.4) is 0 Å². The number of hydrogen-bond acceptors (Lipinski definition) is 3. The maximum Gasteiger partial charge on any atom is 0.240 e. The van der Waals surface area contributed by atoms with E-state index in [1.807, 2.05) is 54.6 Å². The van der Waals surface area contributed by atoms with Gasteiger partial charge in [0.05, 0.1) is 0 Å². The topological polar surface area (TPSA) is 61.4 Å². The van der Waals surface area contributed by atoms with Gasteiger partial charge >= 0.3 is 0 Å². The van der Waals surface area contributed by atoms with E-state index in [1.165, 1.54) is 5.56 Å². The highest BCUT2D eigenvalue weighted by molar-refractivity contribution is 6.13. The monoisotopic (exact) mass is 379 g/mol. The van der Waals surface area contributed by atoms with Gasteiger partial charge in [0.25, 0.3) is 0 Å². The van der Waals surface area contributed by atoms with Crippen molar-refractivity contribution in [1.29, 1.82) is 0 Å². The van der Waals surface area contributed by atoms with E-state index in [-0.39, 0.29) is 11.8 Å². The molecule has 148 valence electrons. The van der Waals surface area contributed by atoms with Crippen molar-refractivity contribution in [3.63, 3.8) is 0 Å². The predicted octanol–water partition coefficient (Wildman–Crippen LogP) is 3.61. The summed E-state index contributed by atoms with van der Waals surface area (Å²) in [5, 5.41) is 5.85. The predicted molar refractivity (Wildman–Crippen MR) is 113 cm³/mol. The lowest BCUT2D eigenvalue weighted by Crippen LogP contribution is -2.40. The van der Waals surface area contributed by atoms with Gasteiger partial charge in [-0.1, -0.05) is 30.3 Å². The lowest BCUT2D eigenvalue weighted by Gasteiger charge is -2.21. The fourth-order valence-corrected chi connectivity index (χ4v) is 3.41. The SMILES string of the molecule is CCN(CC)c1ccc(NC(=O)C2(C(=O)NCCc3ccccc3)CC2)cc1. The highest BCUT2D eigenvalue weighted by Crippen LogP contribution is 2.46. The quantitative estimate of drug-likeness (QED) is 0.654. The summed E-state index contributed by atoms with van der Waals surface area (Å²) in [5.74, 6) is -0.374. The molecule has 0 aliphatic heterocycles. The number of amides is 2. The first-order valence-corrected chi connectivity index (χ1v) is 10.1. The number of benzene rings is 2. The van der Waals surface area contributed by atoms with E-state index >= 15 is 0 Å². The van der Waals surface area contributed by atoms with Crippen molar-refractivity contribution in [3.8, 4) is 0 Å². The molecule has 2 aromatic carbocycles. The van der Waals surface area contributed by atoms with Crippen LogP contribution in [0.5, 0.6) is 0 Å². The third-order valence-corrected chi connectivity index (χ3v) is 5.42. The molecule has 1 saturated carbocycles. The first kappa shape index (κ1) is 19.9. The van der Waals surface area contributed by atoms with Crippen LogP contribution in [0.1, 0.15) is 32.3 Å². The molecule has 2 amide bonds. The van der Waals surface area contributed by atoms with Crippen LogP contribution in [0, 0.1) is 5.41 Å². The van der Waals surface area contributed by atoms with Crippen LogP contribution in [-0.4, -0.2) is 31.4 Å². The molecule has 0 unspecified atom stereocenters. The standard InChI is InChI=1S/C23H29N3O2/c1-3-26(4-2)20-12-10-19(11-13-20)25-22(28)23(15-16-23)21(27)24-17-14-18-8-6-5-7-9-18/h5-13H,3-4,14-17H2,1-2H3,(H,24,27)(H,25,28). The van der Waals surface area contributed by atoms with Crippen LogP contribution >= 0.6 is 0 Å². The Morgan fingerprint density at radius 1 is 0.929 bits per heavy atom. The van der Waals surface area contributed by atoms with Gasteiger partial charge in [-0.15, -0.1) is 0 Å². The summed E-state index contributed by atoms with van der Waals surface area (Å²) in [7, 11) is 0. The minimum Gasteiger partial charge on any atom is -0.372 e. The molecule has 3 rings (SSSR count). The van der Waals surface area contributed by atoms with Gasteiger partial charge in [0.1, 0.15) is 5.41 Å². The molecule has 0 radical (unpaired) electrons. The summed E-state index contributed by atoms with van der Waals surface area (Å²) >= 11 is 0. The molecule has 28 heavy (non-hydrogen) atoms. The van der Waals surface area contributed by atoms with Gasteiger partial charge in [0.15, 0.2) is 0 Å². The molecule has 1 aliphatic rings. The minimum absolute atomic E-state index is 0.166. The van der Waals surface area contributed by atoms with Crippen LogP contribution < -0.4 is 15.5 Å². The number of rotatable bonds is 9. The average Bonchev–Trinajstić information content (AvgIpc) is 3.53. The van der Waals surface area contributed by atoms with E-state index in [4.69, 9.17) is 0 Å². The summed E-state index contributed by atoms with van der Waals surface area (Å²) in [6.45, 7) is 6.65. The van der Waals surface area contributed by atoms with E-state index in [0.717, 1.165) is 30.9 Å². The van der Waals surface area contributed by atoms with Gasteiger partial charge in [0, 0.05) is 31.0 Å². The van der Waals surface area contributed by atoms with Crippen LogP contribution in [-0.2, 0) is 16.0 Å². The fourth-order valence-electron chi connectivity index (χ4n) is 3.41. The highest BCUT2D eigenvalue weighted by Gasteiger charge is 2.56. The van der Waals surface area contributed by atoms with Crippen LogP contribution in [0.4, 0.5) is 11.4 Å². The van der Waals surface area contributed by atoms with Crippen molar-refractivity contribution in [1.82, 2.24) is 5.32 Å². The summed E-state index contributed by atoms with van der Waals surface area (Å²) in [6, 6.07) is 17.8. The Morgan fingerprint density at radius 3 is 2.14 bits per heavy atom. The Labute approximate surface area is 167 Å². The normalized spacial score (nSPS) is 14.2. The molecule has 0 spiro atoms. The molecule has 0 saturated heterocycles. The Kier molecular flexibility index (Phi) is 6.34. The van der Waals surface area contributed by atoms with Crippen LogP contribution in [0.2, 0.25) is 0 Å². The van der Waals surface area contributed by atoms with E-state index in [2.05, 4.69) is 29.4 Å². The average molecular weight is 380 g/mol. The van der Waals surface area contributed by atoms with E-state index < -0.39 is 5.41 Å². The maximum absolute atomic E-state index is 12.7. The molecule has 1 aliphatic carbocycles. The molecule has 5 nitrogen and oxygen atoms in total. The summed E-state index contributed by atoms with van der Waals surface area (Å²) in [5.41, 5.74) is 2.12. The van der Waals surface area contributed by atoms with Crippen molar-refractivity contribution in [2.24, 2.45) is 5.41 Å². The zero-order valence-electron chi connectivity index (χ0n) is 16.7. The van der Waals surface area contributed by atoms with Gasteiger partial charge in [-0.3, -0.25) is 9.59 Å². The Hall–Kier alpha value is -2.82. The highest BCUT2D eigenvalue weighted by atomic mass is 16.2. The van der Waals surface area contributed by atoms with Gasteiger partial charge in [-0.2, -0.15) is 0 Å². The van der Waals surface area contributed by atoms with Crippen molar-refractivity contribution in [2.75, 3.05) is 29.9 Å². The van der Waals surface area contributed by atoms with E-state index in [0.29, 0.717) is 19.4 Å². The molecule has 0 heterocycles. The minimum atomic E-state index is -0.909. The van der Waals surface area contributed by atoms with Crippen LogP contribution in [0.15, 0.2) is 54.6 Å². The third-order valence-electron chi connectivity index (χ3n) is 5.42. The Bertz CT molecular complexity index is 794. The molecular weight excluding hydrogens is 350 g/mol. The lowest BCUT2D eigenvalue weighted by molar-refractivity contribution is -0.134. The Balaban J connectivity index is 1.53. The van der Waals surface area contributed by atoms with Gasteiger partial charge in [0.2, 0.25) is 11.8 Å². The van der Waals surface area contributed by atoms with E-state index in [1.54, 1.807) is 0 Å². The summed E-state index contributed by atoms with van der Waals surface area (Å²) in [6.07, 6.45) is 1.97. The molecule has 2 N–H and O–H groups in total. The number of nitrogens with zero attached hydrogens (tertiary/aromatic N) is 1. The molecule has 5 heteroatoms. The zero-order valence-corrected chi connectivity index (χ0v) is 16.7. The zero-order chi connectivity index (χ0) is 20.0. The van der Waals surface area contributed by atoms with Gasteiger partial charge in [-0.25, -0.2) is 0 Å². The molecule has 2 aromatic rings. The number of carbonyl (C=O) groups excluding carboxylic acids is 2. The molecule has 0 atom stereocenters. The number of hydrogen-bond donors (Lipinski definition) is 2. The fraction of sp³-hybridized carbons (Fsp3) is 0.391. The first-order valence-electron chi connectivity index (χ1n) is 10.1. The Morgan fingerprint density at radius 2 is 1.57 bits per heavy atom. The number of carbonyl (C=O) groups is 2. The largest absolute Gasteiger partial charge is 0.372 e. The summed E-state index contributed by atoms with van der Waals surface area (Å²) in [4.78, 5) is 27.6. The molecule has 0 aromatic heterocycles. The molecular formula is C23H29N3O2. The number of nitrogens with one attached hydrogen (secondary N) is 2. The second-order valence-electron chi connectivity index (χ2n) is 7.25. The van der Waals surface area contributed by atoms with Crippen molar-refractivity contribution in [3.05, 3.63) is 60.2 Å². The lowest BCUT2D eigenvalue weighted by atomic mass is 10.0. The summed E-state index contributed by atoms with van der Waals surface area (Å²) < 4.78 is 0. The second kappa shape index (κ2) is 8.91. The smallest absolute Gasteiger partial charge is 0.240 e. The van der Waals surface area contributed by atoms with Crippen molar-refractivity contribution in [2.45, 2.75) is 33.1 Å². The van der Waals surface area contributed by atoms with Crippen LogP contribution in [0.25, 0.3) is 0 Å². The second-order valence-corrected chi connectivity index (χ2v) is 7.25.